The van der Waals surface area contributed by atoms with Crippen LogP contribution in [0.2, 0.25) is 0 Å². The third-order valence-corrected chi connectivity index (χ3v) is 8.09. The van der Waals surface area contributed by atoms with E-state index in [1.807, 2.05) is 12.1 Å². The highest BCUT2D eigenvalue weighted by Gasteiger charge is 2.27. The van der Waals surface area contributed by atoms with E-state index < -0.39 is 15.8 Å². The lowest BCUT2D eigenvalue weighted by molar-refractivity contribution is 0.0750. The average Bonchev–Trinajstić information content (AvgIpc) is 3.18. The maximum atomic E-state index is 13.1. The number of hydrogen-bond donors (Lipinski definition) is 1. The van der Waals surface area contributed by atoms with Gasteiger partial charge in [-0.1, -0.05) is 11.3 Å². The van der Waals surface area contributed by atoms with Gasteiger partial charge in [0.25, 0.3) is 15.9 Å². The lowest BCUT2D eigenvalue weighted by Crippen LogP contribution is -2.48. The summed E-state index contributed by atoms with van der Waals surface area (Å²) in [4.78, 5) is 32.9. The van der Waals surface area contributed by atoms with E-state index in [9.17, 15) is 22.4 Å². The normalized spacial score (nSPS) is 14.2. The maximum absolute atomic E-state index is 13.1. The molecule has 1 saturated heterocycles. The number of hydrogen-bond acceptors (Lipinski definition) is 7. The molecule has 0 unspecified atom stereocenters. The first kappa shape index (κ1) is 23.8. The van der Waals surface area contributed by atoms with Crippen LogP contribution in [0.1, 0.15) is 32.6 Å². The Morgan fingerprint density at radius 1 is 1.00 bits per heavy atom. The molecule has 0 bridgehead atoms. The number of halogens is 1. The molecule has 0 saturated carbocycles. The molecule has 2 aromatic carbocycles. The number of aryl methyl sites for hydroxylation is 1. The van der Waals surface area contributed by atoms with Gasteiger partial charge < -0.3 is 9.80 Å². The van der Waals surface area contributed by atoms with Crippen LogP contribution in [0.5, 0.6) is 0 Å². The van der Waals surface area contributed by atoms with Gasteiger partial charge in [-0.2, -0.15) is 0 Å². The minimum atomic E-state index is -3.95. The minimum Gasteiger partial charge on any atom is -0.368 e. The highest BCUT2D eigenvalue weighted by molar-refractivity contribution is 7.93. The Bertz CT molecular complexity index is 1310. The van der Waals surface area contributed by atoms with Crippen molar-refractivity contribution >= 4 is 43.9 Å². The van der Waals surface area contributed by atoms with Crippen LogP contribution in [0, 0.1) is 12.7 Å². The highest BCUT2D eigenvalue weighted by atomic mass is 32.2. The number of benzene rings is 2. The molecule has 3 aromatic rings. The fourth-order valence-electron chi connectivity index (χ4n) is 3.64. The molecule has 1 N–H and O–H groups in total. The number of Topliss-reactive ketones (excluding diaryl/α,β-unsaturated/α-hetero) is 1. The van der Waals surface area contributed by atoms with Crippen LogP contribution in [0.4, 0.5) is 15.2 Å². The number of nitrogens with one attached hydrogen (secondary N) is 1. The third kappa shape index (κ3) is 5.10. The molecular formula is C23H23FN4O4S2. The Morgan fingerprint density at radius 2 is 1.62 bits per heavy atom. The van der Waals surface area contributed by atoms with Crippen LogP contribution in [0.15, 0.2) is 53.4 Å². The van der Waals surface area contributed by atoms with Gasteiger partial charge in [0.2, 0.25) is 0 Å². The van der Waals surface area contributed by atoms with Crippen LogP contribution < -0.4 is 9.62 Å². The summed E-state index contributed by atoms with van der Waals surface area (Å²) in [6.07, 6.45) is 0. The first-order chi connectivity index (χ1) is 16.1. The molecule has 1 aliphatic rings. The van der Waals surface area contributed by atoms with Gasteiger partial charge in [-0.25, -0.2) is 17.8 Å². The molecule has 0 radical (unpaired) electrons. The smallest absolute Gasteiger partial charge is 0.266 e. The lowest BCUT2D eigenvalue weighted by atomic mass is 10.1. The second kappa shape index (κ2) is 9.51. The fraction of sp³-hybridized carbons (Fsp3) is 0.261. The van der Waals surface area contributed by atoms with Gasteiger partial charge in [-0.05, 0) is 62.4 Å². The van der Waals surface area contributed by atoms with Gasteiger partial charge in [0.15, 0.2) is 10.9 Å². The number of anilines is 2. The standard InChI is InChI=1S/C23H23FN4O4S2/c1-15-21(33-23(25-15)26-34(31,32)20-9-5-18(24)6-10-20)22(30)28-13-11-27(12-14-28)19-7-3-17(4-8-19)16(2)29/h3-10H,11-14H2,1-2H3,(H,25,26). The van der Waals surface area contributed by atoms with Gasteiger partial charge in [0.1, 0.15) is 10.7 Å². The van der Waals surface area contributed by atoms with Crippen molar-refractivity contribution in [2.75, 3.05) is 35.8 Å². The van der Waals surface area contributed by atoms with Crippen LogP contribution in [0.3, 0.4) is 0 Å². The number of piperazine rings is 1. The number of thiazole rings is 1. The first-order valence-electron chi connectivity index (χ1n) is 10.5. The molecular weight excluding hydrogens is 479 g/mol. The summed E-state index contributed by atoms with van der Waals surface area (Å²) >= 11 is 0.975. The predicted octanol–water partition coefficient (Wildman–Crippen LogP) is 3.56. The van der Waals surface area contributed by atoms with E-state index in [2.05, 4.69) is 14.6 Å². The summed E-state index contributed by atoms with van der Waals surface area (Å²) < 4.78 is 40.6. The summed E-state index contributed by atoms with van der Waals surface area (Å²) in [6, 6.07) is 11.9. The lowest BCUT2D eigenvalue weighted by Gasteiger charge is -2.36. The molecule has 178 valence electrons. The summed E-state index contributed by atoms with van der Waals surface area (Å²) in [7, 11) is -3.95. The van der Waals surface area contributed by atoms with E-state index in [4.69, 9.17) is 0 Å². The molecule has 0 aliphatic carbocycles. The van der Waals surface area contributed by atoms with Crippen molar-refractivity contribution in [1.82, 2.24) is 9.88 Å². The first-order valence-corrected chi connectivity index (χ1v) is 12.8. The van der Waals surface area contributed by atoms with E-state index in [0.29, 0.717) is 42.3 Å². The maximum Gasteiger partial charge on any atom is 0.266 e. The zero-order valence-corrected chi connectivity index (χ0v) is 20.2. The summed E-state index contributed by atoms with van der Waals surface area (Å²) in [6.45, 7) is 5.45. The van der Waals surface area contributed by atoms with Gasteiger partial charge in [-0.3, -0.25) is 14.3 Å². The summed E-state index contributed by atoms with van der Waals surface area (Å²) in [5, 5.41) is 0.0781. The second-order valence-corrected chi connectivity index (χ2v) is 10.6. The largest absolute Gasteiger partial charge is 0.368 e. The van der Waals surface area contributed by atoms with Gasteiger partial charge >= 0.3 is 0 Å². The number of ketones is 1. The Labute approximate surface area is 201 Å². The van der Waals surface area contributed by atoms with Gasteiger partial charge in [0.05, 0.1) is 10.6 Å². The van der Waals surface area contributed by atoms with E-state index in [1.54, 1.807) is 24.0 Å². The van der Waals surface area contributed by atoms with Crippen molar-refractivity contribution in [3.63, 3.8) is 0 Å². The topological polar surface area (TPSA) is 99.7 Å². The molecule has 1 aromatic heterocycles. The van der Waals surface area contributed by atoms with Gasteiger partial charge in [-0.15, -0.1) is 0 Å². The van der Waals surface area contributed by atoms with Crippen molar-refractivity contribution in [3.05, 3.63) is 70.5 Å². The monoisotopic (exact) mass is 502 g/mol. The molecule has 34 heavy (non-hydrogen) atoms. The predicted molar refractivity (Wildman–Crippen MR) is 129 cm³/mol. The van der Waals surface area contributed by atoms with Crippen molar-refractivity contribution in [1.29, 1.82) is 0 Å². The minimum absolute atomic E-state index is 0.0150. The van der Waals surface area contributed by atoms with Gasteiger partial charge in [0, 0.05) is 37.4 Å². The molecule has 1 amide bonds. The van der Waals surface area contributed by atoms with Crippen LogP contribution in [-0.4, -0.2) is 56.2 Å². The second-order valence-electron chi connectivity index (χ2n) is 7.88. The molecule has 8 nitrogen and oxygen atoms in total. The fourth-order valence-corrected chi connectivity index (χ4v) is 5.81. The van der Waals surface area contributed by atoms with Crippen LogP contribution in [-0.2, 0) is 10.0 Å². The zero-order valence-electron chi connectivity index (χ0n) is 18.6. The van der Waals surface area contributed by atoms with Crippen molar-refractivity contribution in [2.24, 2.45) is 0 Å². The number of amides is 1. The Morgan fingerprint density at radius 3 is 2.21 bits per heavy atom. The van der Waals surface area contributed by atoms with E-state index in [1.165, 1.54) is 6.92 Å². The van der Waals surface area contributed by atoms with Crippen molar-refractivity contribution in [2.45, 2.75) is 18.7 Å². The Balaban J connectivity index is 1.41. The van der Waals surface area contributed by atoms with E-state index >= 15 is 0 Å². The molecule has 2 heterocycles. The number of carbonyl (C=O) groups is 2. The molecule has 0 spiro atoms. The molecule has 1 fully saturated rings. The average molecular weight is 503 g/mol. The Hall–Kier alpha value is -3.31. The number of sulfonamides is 1. The molecule has 1 aliphatic heterocycles. The van der Waals surface area contributed by atoms with Crippen molar-refractivity contribution in [3.8, 4) is 0 Å². The molecule has 0 atom stereocenters. The van der Waals surface area contributed by atoms with E-state index in [-0.39, 0.29) is 21.7 Å². The number of nitrogens with zero attached hydrogens (tertiary/aromatic N) is 3. The summed E-state index contributed by atoms with van der Waals surface area (Å²) in [5.41, 5.74) is 2.08. The number of carbonyl (C=O) groups excluding carboxylic acids is 2. The Kier molecular flexibility index (Phi) is 6.67. The molecule has 11 heteroatoms. The number of aromatic nitrogens is 1. The zero-order chi connectivity index (χ0) is 24.5. The number of rotatable bonds is 6. The van der Waals surface area contributed by atoms with E-state index in [0.717, 1.165) is 41.3 Å². The highest BCUT2D eigenvalue weighted by Crippen LogP contribution is 2.27. The molecule has 4 rings (SSSR count). The SMILES string of the molecule is CC(=O)c1ccc(N2CCN(C(=O)c3sc(NS(=O)(=O)c4ccc(F)cc4)nc3C)CC2)cc1. The van der Waals surface area contributed by atoms with Crippen LogP contribution in [0.25, 0.3) is 0 Å². The summed E-state index contributed by atoms with van der Waals surface area (Å²) in [5.74, 6) is -0.722. The quantitative estimate of drug-likeness (QED) is 0.518. The van der Waals surface area contributed by atoms with Crippen LogP contribution >= 0.6 is 11.3 Å². The van der Waals surface area contributed by atoms with Crippen molar-refractivity contribution < 1.29 is 22.4 Å². The third-order valence-electron chi connectivity index (χ3n) is 5.54.